The van der Waals surface area contributed by atoms with Crippen molar-refractivity contribution >= 4 is 38.4 Å². The van der Waals surface area contributed by atoms with E-state index >= 15 is 0 Å². The van der Waals surface area contributed by atoms with Crippen molar-refractivity contribution < 1.29 is 22.7 Å². The number of thioether (sulfide) groups is 1. The molecule has 7 nitrogen and oxygen atoms in total. The molecule has 3 heterocycles. The normalized spacial score (nSPS) is 28.2. The van der Waals surface area contributed by atoms with Crippen LogP contribution in [0.4, 0.5) is 5.69 Å². The first-order valence-corrected chi connectivity index (χ1v) is 10.8. The number of anilines is 1. The number of hydrogen-bond donors (Lipinski definition) is 0. The molecular weight excluding hydrogens is 364 g/mol. The van der Waals surface area contributed by atoms with Gasteiger partial charge in [0, 0.05) is 23.4 Å². The Bertz CT molecular complexity index is 852. The third kappa shape index (κ3) is 3.10. The molecule has 3 aliphatic heterocycles. The zero-order valence-electron chi connectivity index (χ0n) is 13.7. The van der Waals surface area contributed by atoms with Crippen molar-refractivity contribution in [3.8, 4) is 11.5 Å². The maximum absolute atomic E-state index is 12.0. The highest BCUT2D eigenvalue weighted by atomic mass is 32.2. The molecule has 1 aromatic carbocycles. The van der Waals surface area contributed by atoms with Crippen molar-refractivity contribution in [3.63, 3.8) is 0 Å². The number of ether oxygens (including phenoxy) is 2. The molecule has 2 atom stereocenters. The minimum absolute atomic E-state index is 0.0679. The minimum atomic E-state index is -3.08. The smallest absolute Gasteiger partial charge is 0.247 e. The molecule has 0 N–H and O–H groups in total. The lowest BCUT2D eigenvalue weighted by atomic mass is 10.2. The molecule has 0 spiro atoms. The van der Waals surface area contributed by atoms with Gasteiger partial charge in [-0.2, -0.15) is 4.99 Å². The standard InChI is InChI=1S/C16H18N2O5S2/c1-2-15(19)17-16-18(11-8-25(20,21)9-14(11)24-16)10-3-4-12-13(7-10)23-6-5-22-12/h3-4,7,11,14H,2,5-6,8-9H2,1H3/t11-,14+/m1/s1. The molecule has 9 heteroatoms. The Kier molecular flexibility index (Phi) is 4.15. The molecule has 25 heavy (non-hydrogen) atoms. The van der Waals surface area contributed by atoms with Crippen LogP contribution in [0.15, 0.2) is 23.2 Å². The molecule has 2 saturated heterocycles. The van der Waals surface area contributed by atoms with Gasteiger partial charge in [0.2, 0.25) is 5.91 Å². The van der Waals surface area contributed by atoms with Gasteiger partial charge in [-0.15, -0.1) is 0 Å². The van der Waals surface area contributed by atoms with Crippen LogP contribution in [0, 0.1) is 0 Å². The molecule has 0 aliphatic carbocycles. The lowest BCUT2D eigenvalue weighted by molar-refractivity contribution is -0.117. The van der Waals surface area contributed by atoms with E-state index in [0.717, 1.165) is 5.69 Å². The zero-order valence-corrected chi connectivity index (χ0v) is 15.3. The van der Waals surface area contributed by atoms with Gasteiger partial charge >= 0.3 is 0 Å². The van der Waals surface area contributed by atoms with E-state index in [1.807, 2.05) is 23.1 Å². The predicted octanol–water partition coefficient (Wildman–Crippen LogP) is 1.47. The third-order valence-electron chi connectivity index (χ3n) is 4.39. The fraction of sp³-hybridized carbons (Fsp3) is 0.500. The summed E-state index contributed by atoms with van der Waals surface area (Å²) in [6, 6.07) is 5.27. The number of aliphatic imine (C=N–C) groups is 1. The van der Waals surface area contributed by atoms with E-state index in [9.17, 15) is 13.2 Å². The summed E-state index contributed by atoms with van der Waals surface area (Å²) in [6.07, 6.45) is 0.312. The molecule has 4 rings (SSSR count). The largest absolute Gasteiger partial charge is 0.486 e. The number of amides is 1. The molecule has 0 aromatic heterocycles. The van der Waals surface area contributed by atoms with Gasteiger partial charge in [0.05, 0.1) is 17.5 Å². The summed E-state index contributed by atoms with van der Waals surface area (Å²) in [6.45, 7) is 2.74. The fourth-order valence-corrected chi connectivity index (χ4v) is 7.17. The highest BCUT2D eigenvalue weighted by molar-refractivity contribution is 8.16. The first kappa shape index (κ1) is 16.7. The highest BCUT2D eigenvalue weighted by Gasteiger charge is 2.49. The molecule has 1 amide bonds. The third-order valence-corrected chi connectivity index (χ3v) is 7.60. The molecule has 0 saturated carbocycles. The second-order valence-corrected chi connectivity index (χ2v) is 9.50. The van der Waals surface area contributed by atoms with Crippen molar-refractivity contribution in [1.29, 1.82) is 0 Å². The Hall–Kier alpha value is -1.74. The van der Waals surface area contributed by atoms with E-state index in [1.54, 1.807) is 6.92 Å². The van der Waals surface area contributed by atoms with Gasteiger partial charge in [0.25, 0.3) is 0 Å². The summed E-state index contributed by atoms with van der Waals surface area (Å²) in [5.41, 5.74) is 0.768. The Morgan fingerprint density at radius 3 is 2.80 bits per heavy atom. The summed E-state index contributed by atoms with van der Waals surface area (Å²) < 4.78 is 35.3. The summed E-state index contributed by atoms with van der Waals surface area (Å²) >= 11 is 1.37. The highest BCUT2D eigenvalue weighted by Crippen LogP contribution is 2.43. The lowest BCUT2D eigenvalue weighted by Gasteiger charge is -2.26. The Balaban J connectivity index is 1.74. The van der Waals surface area contributed by atoms with E-state index in [0.29, 0.717) is 36.3 Å². The van der Waals surface area contributed by atoms with Gasteiger partial charge in [-0.25, -0.2) is 8.42 Å². The van der Waals surface area contributed by atoms with Crippen molar-refractivity contribution in [2.75, 3.05) is 29.6 Å². The number of fused-ring (bicyclic) bond motifs is 2. The van der Waals surface area contributed by atoms with Gasteiger partial charge < -0.3 is 14.4 Å². The molecule has 0 radical (unpaired) electrons. The number of carbonyl (C=O) groups excluding carboxylic acids is 1. The summed E-state index contributed by atoms with van der Waals surface area (Å²) in [5, 5.41) is 0.454. The van der Waals surface area contributed by atoms with Gasteiger partial charge in [0.15, 0.2) is 26.5 Å². The van der Waals surface area contributed by atoms with Crippen molar-refractivity contribution in [1.82, 2.24) is 0 Å². The summed E-state index contributed by atoms with van der Waals surface area (Å²) in [4.78, 5) is 17.9. The Labute approximate surface area is 150 Å². The van der Waals surface area contributed by atoms with Gasteiger partial charge in [-0.3, -0.25) is 4.79 Å². The molecule has 0 unspecified atom stereocenters. The van der Waals surface area contributed by atoms with Crippen LogP contribution in [0.3, 0.4) is 0 Å². The summed E-state index contributed by atoms with van der Waals surface area (Å²) in [7, 11) is -3.08. The van der Waals surface area contributed by atoms with Crippen molar-refractivity contribution in [2.45, 2.75) is 24.6 Å². The number of sulfone groups is 1. The fourth-order valence-electron chi connectivity index (χ4n) is 3.23. The van der Waals surface area contributed by atoms with Gasteiger partial charge in [-0.1, -0.05) is 18.7 Å². The topological polar surface area (TPSA) is 85.3 Å². The van der Waals surface area contributed by atoms with E-state index in [-0.39, 0.29) is 28.7 Å². The van der Waals surface area contributed by atoms with Crippen LogP contribution in [-0.4, -0.2) is 55.5 Å². The lowest BCUT2D eigenvalue weighted by Crippen LogP contribution is -2.37. The van der Waals surface area contributed by atoms with Gasteiger partial charge in [0.1, 0.15) is 13.2 Å². The number of nitrogens with zero attached hydrogens (tertiary/aromatic N) is 2. The maximum atomic E-state index is 12.0. The maximum Gasteiger partial charge on any atom is 0.247 e. The van der Waals surface area contributed by atoms with Crippen LogP contribution in [0.1, 0.15) is 13.3 Å². The minimum Gasteiger partial charge on any atom is -0.486 e. The average molecular weight is 382 g/mol. The van der Waals surface area contributed by atoms with Crippen LogP contribution >= 0.6 is 11.8 Å². The van der Waals surface area contributed by atoms with Crippen LogP contribution < -0.4 is 14.4 Å². The van der Waals surface area contributed by atoms with Crippen molar-refractivity contribution in [3.05, 3.63) is 18.2 Å². The quantitative estimate of drug-likeness (QED) is 0.766. The Morgan fingerprint density at radius 1 is 1.28 bits per heavy atom. The van der Waals surface area contributed by atoms with Gasteiger partial charge in [-0.05, 0) is 12.1 Å². The average Bonchev–Trinajstić information content (AvgIpc) is 3.05. The Morgan fingerprint density at radius 2 is 2.04 bits per heavy atom. The number of carbonyl (C=O) groups is 1. The molecule has 3 aliphatic rings. The number of amidine groups is 1. The second kappa shape index (κ2) is 6.21. The zero-order chi connectivity index (χ0) is 17.6. The van der Waals surface area contributed by atoms with Crippen molar-refractivity contribution in [2.24, 2.45) is 4.99 Å². The number of benzene rings is 1. The first-order valence-electron chi connectivity index (χ1n) is 8.14. The van der Waals surface area contributed by atoms with Crippen LogP contribution in [0.25, 0.3) is 0 Å². The second-order valence-electron chi connectivity index (χ2n) is 6.14. The van der Waals surface area contributed by atoms with Crippen LogP contribution in [0.5, 0.6) is 11.5 Å². The molecule has 1 aromatic rings. The van der Waals surface area contributed by atoms with E-state index in [1.165, 1.54) is 11.8 Å². The van der Waals surface area contributed by atoms with E-state index in [2.05, 4.69) is 4.99 Å². The monoisotopic (exact) mass is 382 g/mol. The first-order chi connectivity index (χ1) is 12.0. The van der Waals surface area contributed by atoms with Crippen LogP contribution in [-0.2, 0) is 14.6 Å². The number of hydrogen-bond acceptors (Lipinski definition) is 6. The molecule has 2 fully saturated rings. The van der Waals surface area contributed by atoms with E-state index in [4.69, 9.17) is 9.47 Å². The molecular formula is C16H18N2O5S2. The SMILES string of the molecule is CCC(=O)N=C1S[C@H]2CS(=O)(=O)C[C@H]2N1c1ccc2c(c1)OCCO2. The van der Waals surface area contributed by atoms with E-state index < -0.39 is 9.84 Å². The molecule has 0 bridgehead atoms. The number of rotatable bonds is 2. The molecule has 134 valence electrons. The van der Waals surface area contributed by atoms with Crippen LogP contribution in [0.2, 0.25) is 0 Å². The summed E-state index contributed by atoms with van der Waals surface area (Å²) in [5.74, 6) is 1.26. The predicted molar refractivity (Wildman–Crippen MR) is 96.5 cm³/mol.